The Balaban J connectivity index is 2.21. The second-order valence-corrected chi connectivity index (χ2v) is 4.68. The van der Waals surface area contributed by atoms with E-state index in [0.717, 1.165) is 6.42 Å². The van der Waals surface area contributed by atoms with Crippen LogP contribution in [-0.2, 0) is 6.42 Å². The summed E-state index contributed by atoms with van der Waals surface area (Å²) in [5.74, 6) is 1.56. The molecule has 0 aromatic carbocycles. The molecule has 19 heavy (non-hydrogen) atoms. The lowest BCUT2D eigenvalue weighted by atomic mass is 10.2. The molecular weight excluding hydrogens is 248 g/mol. The summed E-state index contributed by atoms with van der Waals surface area (Å²) in [6, 6.07) is -0.192. The first-order valence-electron chi connectivity index (χ1n) is 6.47. The summed E-state index contributed by atoms with van der Waals surface area (Å²) in [5.41, 5.74) is 0. The van der Waals surface area contributed by atoms with Gasteiger partial charge in [-0.25, -0.2) is 4.79 Å². The Bertz CT molecular complexity index is 392. The standard InChI is InChI=1S/C12H22N4O3/c1-9(2)11-14-10(19-15-11)5-4-6-13-12(18)16(3)7-8-17/h9,17H,4-8H2,1-3H3,(H,13,18). The number of nitrogens with one attached hydrogen (secondary N) is 1. The number of hydrogen-bond donors (Lipinski definition) is 2. The molecule has 0 aliphatic carbocycles. The van der Waals surface area contributed by atoms with Crippen LogP contribution in [0.3, 0.4) is 0 Å². The maximum atomic E-state index is 11.5. The van der Waals surface area contributed by atoms with Crippen molar-refractivity contribution in [3.63, 3.8) is 0 Å². The van der Waals surface area contributed by atoms with Gasteiger partial charge in [-0.05, 0) is 6.42 Å². The number of hydrogen-bond acceptors (Lipinski definition) is 5. The van der Waals surface area contributed by atoms with Crippen molar-refractivity contribution in [2.45, 2.75) is 32.6 Å². The molecule has 0 aliphatic heterocycles. The number of rotatable bonds is 7. The molecule has 0 spiro atoms. The molecular formula is C12H22N4O3. The van der Waals surface area contributed by atoms with Gasteiger partial charge < -0.3 is 19.8 Å². The molecule has 7 heteroatoms. The number of nitrogens with zero attached hydrogens (tertiary/aromatic N) is 3. The Kier molecular flexibility index (Phi) is 6.27. The van der Waals surface area contributed by atoms with Crippen LogP contribution in [0.1, 0.15) is 37.9 Å². The third kappa shape index (κ3) is 5.25. The molecule has 0 radical (unpaired) electrons. The average molecular weight is 270 g/mol. The summed E-state index contributed by atoms with van der Waals surface area (Å²) in [5, 5.41) is 15.3. The van der Waals surface area contributed by atoms with Gasteiger partial charge in [-0.2, -0.15) is 4.98 Å². The van der Waals surface area contributed by atoms with E-state index in [9.17, 15) is 4.79 Å². The van der Waals surface area contributed by atoms with E-state index < -0.39 is 0 Å². The van der Waals surface area contributed by atoms with E-state index in [1.54, 1.807) is 7.05 Å². The van der Waals surface area contributed by atoms with Crippen LogP contribution in [-0.4, -0.2) is 52.9 Å². The highest BCUT2D eigenvalue weighted by Crippen LogP contribution is 2.10. The van der Waals surface area contributed by atoms with Crippen LogP contribution >= 0.6 is 0 Å². The van der Waals surface area contributed by atoms with Gasteiger partial charge in [-0.3, -0.25) is 0 Å². The molecule has 108 valence electrons. The van der Waals surface area contributed by atoms with Crippen molar-refractivity contribution in [3.8, 4) is 0 Å². The SMILES string of the molecule is CC(C)c1noc(CCCNC(=O)N(C)CCO)n1. The number of likely N-dealkylation sites (N-methyl/N-ethyl adjacent to an activating group) is 1. The minimum Gasteiger partial charge on any atom is -0.395 e. The average Bonchev–Trinajstić information content (AvgIpc) is 2.83. The van der Waals surface area contributed by atoms with Gasteiger partial charge in [0.2, 0.25) is 5.89 Å². The molecule has 2 N–H and O–H groups in total. The number of amides is 2. The maximum Gasteiger partial charge on any atom is 0.317 e. The lowest BCUT2D eigenvalue weighted by Gasteiger charge is -2.16. The van der Waals surface area contributed by atoms with Crippen molar-refractivity contribution in [1.82, 2.24) is 20.4 Å². The molecule has 1 rings (SSSR count). The van der Waals surface area contributed by atoms with Crippen LogP contribution in [0.15, 0.2) is 4.52 Å². The quantitative estimate of drug-likeness (QED) is 0.714. The summed E-state index contributed by atoms with van der Waals surface area (Å²) in [6.45, 7) is 4.84. The second kappa shape index (κ2) is 7.73. The summed E-state index contributed by atoms with van der Waals surface area (Å²) in [4.78, 5) is 17.2. The molecule has 0 bridgehead atoms. The summed E-state index contributed by atoms with van der Waals surface area (Å²) in [6.07, 6.45) is 1.38. The Hall–Kier alpha value is -1.63. The van der Waals surface area contributed by atoms with Crippen LogP contribution in [0.2, 0.25) is 0 Å². The van der Waals surface area contributed by atoms with Crippen molar-refractivity contribution >= 4 is 6.03 Å². The van der Waals surface area contributed by atoms with Crippen molar-refractivity contribution < 1.29 is 14.4 Å². The number of aliphatic hydroxyl groups excluding tert-OH is 1. The van der Waals surface area contributed by atoms with Gasteiger partial charge in [0.15, 0.2) is 5.82 Å². The van der Waals surface area contributed by atoms with Gasteiger partial charge >= 0.3 is 6.03 Å². The predicted octanol–water partition coefficient (Wildman–Crippen LogP) is 0.759. The van der Waals surface area contributed by atoms with Crippen LogP contribution in [0.5, 0.6) is 0 Å². The number of aryl methyl sites for hydroxylation is 1. The minimum absolute atomic E-state index is 0.0378. The zero-order valence-electron chi connectivity index (χ0n) is 11.7. The molecule has 0 fully saturated rings. The van der Waals surface area contributed by atoms with Crippen LogP contribution in [0, 0.1) is 0 Å². The van der Waals surface area contributed by atoms with E-state index in [0.29, 0.717) is 31.2 Å². The molecule has 0 saturated heterocycles. The fourth-order valence-electron chi connectivity index (χ4n) is 1.43. The smallest absolute Gasteiger partial charge is 0.317 e. The zero-order chi connectivity index (χ0) is 14.3. The fraction of sp³-hybridized carbons (Fsp3) is 0.750. The number of aliphatic hydroxyl groups is 1. The first-order valence-corrected chi connectivity index (χ1v) is 6.47. The summed E-state index contributed by atoms with van der Waals surface area (Å²) >= 11 is 0. The highest BCUT2D eigenvalue weighted by molar-refractivity contribution is 5.73. The third-order valence-corrected chi connectivity index (χ3v) is 2.63. The van der Waals surface area contributed by atoms with Crippen molar-refractivity contribution in [2.24, 2.45) is 0 Å². The molecule has 0 aliphatic rings. The van der Waals surface area contributed by atoms with Gasteiger partial charge in [0.1, 0.15) is 0 Å². The number of aromatic nitrogens is 2. The van der Waals surface area contributed by atoms with E-state index in [4.69, 9.17) is 9.63 Å². The van der Waals surface area contributed by atoms with Gasteiger partial charge in [-0.1, -0.05) is 19.0 Å². The van der Waals surface area contributed by atoms with Crippen LogP contribution in [0.4, 0.5) is 4.79 Å². The lowest BCUT2D eigenvalue weighted by Crippen LogP contribution is -2.39. The zero-order valence-corrected chi connectivity index (χ0v) is 11.7. The summed E-state index contributed by atoms with van der Waals surface area (Å²) in [7, 11) is 1.64. The van der Waals surface area contributed by atoms with Gasteiger partial charge in [0.25, 0.3) is 0 Å². The number of urea groups is 1. The van der Waals surface area contributed by atoms with Crippen LogP contribution in [0.25, 0.3) is 0 Å². The van der Waals surface area contributed by atoms with E-state index >= 15 is 0 Å². The number of carbonyl (C=O) groups is 1. The van der Waals surface area contributed by atoms with Gasteiger partial charge in [-0.15, -0.1) is 0 Å². The monoisotopic (exact) mass is 270 g/mol. The van der Waals surface area contributed by atoms with Gasteiger partial charge in [0, 0.05) is 32.5 Å². The second-order valence-electron chi connectivity index (χ2n) is 4.68. The fourth-order valence-corrected chi connectivity index (χ4v) is 1.43. The third-order valence-electron chi connectivity index (χ3n) is 2.63. The highest BCUT2D eigenvalue weighted by Gasteiger charge is 2.10. The Labute approximate surface area is 113 Å². The normalized spacial score (nSPS) is 10.8. The molecule has 2 amide bonds. The van der Waals surface area contributed by atoms with Gasteiger partial charge in [0.05, 0.1) is 6.61 Å². The van der Waals surface area contributed by atoms with E-state index in [-0.39, 0.29) is 18.6 Å². The first-order chi connectivity index (χ1) is 9.04. The summed E-state index contributed by atoms with van der Waals surface area (Å²) < 4.78 is 5.10. The Morgan fingerprint density at radius 1 is 1.53 bits per heavy atom. The predicted molar refractivity (Wildman–Crippen MR) is 69.8 cm³/mol. The Morgan fingerprint density at radius 2 is 2.26 bits per heavy atom. The van der Waals surface area contributed by atoms with E-state index in [1.165, 1.54) is 4.90 Å². The molecule has 7 nitrogen and oxygen atoms in total. The molecule has 1 heterocycles. The molecule has 0 saturated carbocycles. The Morgan fingerprint density at radius 3 is 2.84 bits per heavy atom. The molecule has 1 aromatic rings. The van der Waals surface area contributed by atoms with E-state index in [2.05, 4.69) is 15.5 Å². The molecule has 0 unspecified atom stereocenters. The van der Waals surface area contributed by atoms with E-state index in [1.807, 2.05) is 13.8 Å². The van der Waals surface area contributed by atoms with Crippen molar-refractivity contribution in [1.29, 1.82) is 0 Å². The van der Waals surface area contributed by atoms with Crippen LogP contribution < -0.4 is 5.32 Å². The molecule has 1 aromatic heterocycles. The number of carbonyl (C=O) groups excluding carboxylic acids is 1. The lowest BCUT2D eigenvalue weighted by molar-refractivity contribution is 0.190. The maximum absolute atomic E-state index is 11.5. The molecule has 0 atom stereocenters. The van der Waals surface area contributed by atoms with Crippen molar-refractivity contribution in [3.05, 3.63) is 11.7 Å². The largest absolute Gasteiger partial charge is 0.395 e. The minimum atomic E-state index is -0.192. The van der Waals surface area contributed by atoms with Crippen molar-refractivity contribution in [2.75, 3.05) is 26.7 Å². The first kappa shape index (κ1) is 15.4. The highest BCUT2D eigenvalue weighted by atomic mass is 16.5. The topological polar surface area (TPSA) is 91.5 Å².